The van der Waals surface area contributed by atoms with E-state index in [-0.39, 0.29) is 17.5 Å². The molecule has 7 nitrogen and oxygen atoms in total. The maximum Gasteiger partial charge on any atom is 0.269 e. The number of amides is 2. The smallest absolute Gasteiger partial charge is 0.269 e. The Hall–Kier alpha value is -4.13. The highest BCUT2D eigenvalue weighted by Crippen LogP contribution is 2.63. The first kappa shape index (κ1) is 19.5. The van der Waals surface area contributed by atoms with E-state index in [4.69, 9.17) is 0 Å². The number of hydrogen-bond donors (Lipinski definition) is 0. The fourth-order valence-electron chi connectivity index (χ4n) is 6.27. The molecule has 1 heterocycles. The van der Waals surface area contributed by atoms with Gasteiger partial charge in [-0.15, -0.1) is 0 Å². The number of anilines is 1. The normalized spacial score (nSPS) is 26.6. The maximum absolute atomic E-state index is 13.9. The van der Waals surface area contributed by atoms with Crippen molar-refractivity contribution in [3.05, 3.63) is 105 Å². The third kappa shape index (κ3) is 2.21. The number of aldehydes is 1. The zero-order valence-corrected chi connectivity index (χ0v) is 17.6. The lowest BCUT2D eigenvalue weighted by atomic mass is 9.48. The molecule has 7 heteroatoms. The number of carbonyl (C=O) groups excluding carboxylic acids is 3. The van der Waals surface area contributed by atoms with Crippen LogP contribution in [0.5, 0.6) is 0 Å². The van der Waals surface area contributed by atoms with Gasteiger partial charge in [0.1, 0.15) is 6.29 Å². The van der Waals surface area contributed by atoms with E-state index in [1.807, 2.05) is 48.5 Å². The summed E-state index contributed by atoms with van der Waals surface area (Å²) in [6.07, 6.45) is 0.828. The minimum absolute atomic E-state index is 0.114. The van der Waals surface area contributed by atoms with E-state index in [9.17, 15) is 24.5 Å². The molecule has 0 spiro atoms. The van der Waals surface area contributed by atoms with E-state index in [2.05, 4.69) is 0 Å². The van der Waals surface area contributed by atoms with Crippen molar-refractivity contribution in [2.45, 2.75) is 18.3 Å². The second-order valence-electron chi connectivity index (χ2n) is 8.88. The number of imide groups is 1. The van der Waals surface area contributed by atoms with E-state index < -0.39 is 28.1 Å². The van der Waals surface area contributed by atoms with Crippen molar-refractivity contribution in [1.82, 2.24) is 0 Å². The molecule has 0 aromatic heterocycles. The number of hydrogen-bond acceptors (Lipinski definition) is 5. The van der Waals surface area contributed by atoms with Crippen LogP contribution in [0.3, 0.4) is 0 Å². The summed E-state index contributed by atoms with van der Waals surface area (Å²) in [5.74, 6) is -2.75. The quantitative estimate of drug-likeness (QED) is 0.269. The Bertz CT molecular complexity index is 1360. The molecule has 162 valence electrons. The Morgan fingerprint density at radius 3 is 2.09 bits per heavy atom. The molecule has 0 N–H and O–H groups in total. The molecular weight excluding hydrogens is 420 g/mol. The third-order valence-electron chi connectivity index (χ3n) is 7.50. The van der Waals surface area contributed by atoms with Crippen LogP contribution in [0, 0.1) is 28.9 Å². The molecule has 3 aromatic carbocycles. The van der Waals surface area contributed by atoms with Crippen molar-refractivity contribution in [2.24, 2.45) is 11.8 Å². The summed E-state index contributed by atoms with van der Waals surface area (Å²) in [6.45, 7) is 1.64. The van der Waals surface area contributed by atoms with Gasteiger partial charge in [0.25, 0.3) is 5.69 Å². The number of benzene rings is 3. The Labute approximate surface area is 188 Å². The van der Waals surface area contributed by atoms with Crippen LogP contribution < -0.4 is 4.90 Å². The predicted octanol–water partition coefficient (Wildman–Crippen LogP) is 3.65. The maximum atomic E-state index is 13.9. The van der Waals surface area contributed by atoms with Crippen LogP contribution in [0.1, 0.15) is 33.7 Å². The zero-order chi connectivity index (χ0) is 23.1. The van der Waals surface area contributed by atoms with Crippen molar-refractivity contribution >= 4 is 29.5 Å². The van der Waals surface area contributed by atoms with Gasteiger partial charge in [-0.3, -0.25) is 19.7 Å². The second-order valence-corrected chi connectivity index (χ2v) is 8.88. The lowest BCUT2D eigenvalue weighted by molar-refractivity contribution is -0.384. The first-order valence-electron chi connectivity index (χ1n) is 10.7. The number of nitrogens with zero attached hydrogens (tertiary/aromatic N) is 2. The molecule has 0 unspecified atom stereocenters. The van der Waals surface area contributed by atoms with Gasteiger partial charge >= 0.3 is 0 Å². The van der Waals surface area contributed by atoms with Gasteiger partial charge in [0, 0.05) is 18.1 Å². The first-order valence-corrected chi connectivity index (χ1v) is 10.7. The zero-order valence-electron chi connectivity index (χ0n) is 17.6. The Kier molecular flexibility index (Phi) is 3.82. The van der Waals surface area contributed by atoms with E-state index in [0.717, 1.165) is 33.4 Å². The van der Waals surface area contributed by atoms with Crippen LogP contribution in [0.2, 0.25) is 0 Å². The van der Waals surface area contributed by atoms with Crippen LogP contribution in [-0.2, 0) is 19.8 Å². The summed E-state index contributed by atoms with van der Waals surface area (Å²) in [5, 5.41) is 11.2. The molecule has 33 heavy (non-hydrogen) atoms. The minimum atomic E-state index is -1.26. The van der Waals surface area contributed by atoms with Gasteiger partial charge in [-0.05, 0) is 40.8 Å². The van der Waals surface area contributed by atoms with Crippen LogP contribution in [-0.4, -0.2) is 23.0 Å². The molecule has 3 aliphatic carbocycles. The number of non-ortho nitro benzene ring substituents is 1. The van der Waals surface area contributed by atoms with Crippen LogP contribution >= 0.6 is 0 Å². The van der Waals surface area contributed by atoms with Gasteiger partial charge in [-0.2, -0.15) is 0 Å². The highest BCUT2D eigenvalue weighted by atomic mass is 16.6. The van der Waals surface area contributed by atoms with Crippen molar-refractivity contribution in [2.75, 3.05) is 4.90 Å². The average Bonchev–Trinajstić information content (AvgIpc) is 3.10. The monoisotopic (exact) mass is 438 g/mol. The van der Waals surface area contributed by atoms with Crippen molar-refractivity contribution < 1.29 is 19.3 Å². The van der Waals surface area contributed by atoms with Gasteiger partial charge in [0.15, 0.2) is 0 Å². The molecule has 1 aliphatic heterocycles. The standard InChI is InChI=1S/C26H18N2O5/c1-14-12-15(28(32)33)10-11-20(14)27-24(30)22-21-16-6-2-4-8-18(16)26(13-29,23(22)25(27)31)19-9-5-3-7-17(19)21/h2-13,21-23H,1H3/t21?,22-,23+,26?/m1/s1. The van der Waals surface area contributed by atoms with E-state index in [0.29, 0.717) is 11.3 Å². The number of rotatable bonds is 3. The Morgan fingerprint density at radius 1 is 0.939 bits per heavy atom. The van der Waals surface area contributed by atoms with Gasteiger partial charge < -0.3 is 4.79 Å². The third-order valence-corrected chi connectivity index (χ3v) is 7.50. The average molecular weight is 438 g/mol. The SMILES string of the molecule is Cc1cc([N+](=O)[O-])ccc1N1C(=O)[C@@H]2C3c4ccccc4C(C=O)(c4ccccc43)[C@@H]2C1=O. The molecule has 4 aliphatic rings. The van der Waals surface area contributed by atoms with E-state index in [1.54, 1.807) is 6.92 Å². The molecule has 1 saturated heterocycles. The fourth-order valence-corrected chi connectivity index (χ4v) is 6.27. The van der Waals surface area contributed by atoms with Gasteiger partial charge in [0.05, 0.1) is 27.9 Å². The van der Waals surface area contributed by atoms with Crippen LogP contribution in [0.25, 0.3) is 0 Å². The van der Waals surface area contributed by atoms with Crippen molar-refractivity contribution in [3.63, 3.8) is 0 Å². The summed E-state index contributed by atoms with van der Waals surface area (Å²) in [4.78, 5) is 52.5. The van der Waals surface area contributed by atoms with E-state index >= 15 is 0 Å². The summed E-state index contributed by atoms with van der Waals surface area (Å²) in [6, 6.07) is 19.2. The van der Waals surface area contributed by atoms with E-state index in [1.165, 1.54) is 18.2 Å². The highest BCUT2D eigenvalue weighted by Gasteiger charge is 2.68. The molecule has 0 saturated carbocycles. The van der Waals surface area contributed by atoms with Gasteiger partial charge in [0.2, 0.25) is 11.8 Å². The molecule has 1 fully saturated rings. The molecule has 2 amide bonds. The molecule has 2 bridgehead atoms. The second kappa shape index (κ2) is 6.45. The van der Waals surface area contributed by atoms with Crippen LogP contribution in [0.15, 0.2) is 66.7 Å². The fraction of sp³-hybridized carbons (Fsp3) is 0.192. The lowest BCUT2D eigenvalue weighted by Gasteiger charge is -2.51. The lowest BCUT2D eigenvalue weighted by Crippen LogP contribution is -2.54. The van der Waals surface area contributed by atoms with Crippen molar-refractivity contribution in [3.8, 4) is 0 Å². The molecule has 7 rings (SSSR count). The summed E-state index contributed by atoms with van der Waals surface area (Å²) >= 11 is 0. The Morgan fingerprint density at radius 2 is 1.55 bits per heavy atom. The van der Waals surface area contributed by atoms with Gasteiger partial charge in [-0.25, -0.2) is 4.90 Å². The topological polar surface area (TPSA) is 97.6 Å². The molecule has 0 radical (unpaired) electrons. The largest absolute Gasteiger partial charge is 0.302 e. The first-order chi connectivity index (χ1) is 15.9. The number of aryl methyl sites for hydroxylation is 1. The van der Waals surface area contributed by atoms with Gasteiger partial charge in [-0.1, -0.05) is 48.5 Å². The number of carbonyl (C=O) groups is 3. The molecule has 3 aromatic rings. The summed E-state index contributed by atoms with van der Waals surface area (Å²) in [7, 11) is 0. The van der Waals surface area contributed by atoms with Crippen LogP contribution in [0.4, 0.5) is 11.4 Å². The minimum Gasteiger partial charge on any atom is -0.302 e. The van der Waals surface area contributed by atoms with Crippen molar-refractivity contribution in [1.29, 1.82) is 0 Å². The number of nitro benzene ring substituents is 1. The molecule has 2 atom stereocenters. The number of nitro groups is 1. The summed E-state index contributed by atoms with van der Waals surface area (Å²) in [5.41, 5.74) is 2.73. The highest BCUT2D eigenvalue weighted by molar-refractivity contribution is 6.25. The Balaban J connectivity index is 1.60. The summed E-state index contributed by atoms with van der Waals surface area (Å²) < 4.78 is 0. The molecular formula is C26H18N2O5. The predicted molar refractivity (Wildman–Crippen MR) is 119 cm³/mol.